The predicted octanol–water partition coefficient (Wildman–Crippen LogP) is 7.82. The van der Waals surface area contributed by atoms with E-state index in [1.54, 1.807) is 0 Å². The molecule has 0 amide bonds. The molecular formula is C29H33Cl2N3. The molecule has 1 aliphatic rings. The Hall–Kier alpha value is -2.49. The first-order valence-electron chi connectivity index (χ1n) is 11.8. The molecule has 2 heterocycles. The Morgan fingerprint density at radius 1 is 0.794 bits per heavy atom. The van der Waals surface area contributed by atoms with Crippen molar-refractivity contribution in [1.82, 2.24) is 4.98 Å². The molecule has 1 saturated heterocycles. The van der Waals surface area contributed by atoms with Gasteiger partial charge >= 0.3 is 0 Å². The average molecular weight is 495 g/mol. The van der Waals surface area contributed by atoms with Crippen LogP contribution in [0.5, 0.6) is 0 Å². The number of anilines is 2. The van der Waals surface area contributed by atoms with Crippen molar-refractivity contribution in [2.24, 2.45) is 0 Å². The average Bonchev–Trinajstić information content (AvgIpc) is 3.15. The van der Waals surface area contributed by atoms with E-state index in [0.29, 0.717) is 6.42 Å². The molecule has 1 aromatic heterocycles. The Bertz CT molecular complexity index is 1120. The highest BCUT2D eigenvalue weighted by molar-refractivity contribution is 6.44. The standard InChI is InChI=1S/C29H33Cl2N3/c1-18-13-20(3)27(21(4)14-18)33-11-12-34(28-22(5)15-19(2)16-23(28)6)29(33)24(17-26(30)31)25-9-7-8-10-32-25/h7-10,13-16,26H,11-12,17H2,1-6H3. The van der Waals surface area contributed by atoms with Gasteiger partial charge in [0.2, 0.25) is 0 Å². The largest absolute Gasteiger partial charge is 0.325 e. The van der Waals surface area contributed by atoms with Crippen LogP contribution in [-0.4, -0.2) is 22.9 Å². The van der Waals surface area contributed by atoms with Crippen LogP contribution in [0.2, 0.25) is 0 Å². The van der Waals surface area contributed by atoms with Gasteiger partial charge in [-0.25, -0.2) is 0 Å². The van der Waals surface area contributed by atoms with Gasteiger partial charge < -0.3 is 9.80 Å². The molecule has 0 spiro atoms. The molecule has 0 saturated carbocycles. The number of nitrogens with zero attached hydrogens (tertiary/aromatic N) is 3. The first-order chi connectivity index (χ1) is 16.2. The summed E-state index contributed by atoms with van der Waals surface area (Å²) in [7, 11) is 0. The SMILES string of the molecule is Cc1cc(C)c(N2CCN(c3c(C)cc(C)cc3C)C2=C(CC(Cl)Cl)c2ccccn2)c(C)c1. The number of rotatable bonds is 5. The monoisotopic (exact) mass is 493 g/mol. The molecule has 0 bridgehead atoms. The molecule has 0 unspecified atom stereocenters. The molecule has 5 heteroatoms. The molecule has 1 aliphatic heterocycles. The number of halogens is 2. The predicted molar refractivity (Wildman–Crippen MR) is 147 cm³/mol. The van der Waals surface area contributed by atoms with Gasteiger partial charge in [-0.2, -0.15) is 0 Å². The first kappa shape index (κ1) is 24.6. The first-order valence-corrected chi connectivity index (χ1v) is 12.7. The second-order valence-electron chi connectivity index (χ2n) is 9.41. The van der Waals surface area contributed by atoms with Crippen molar-refractivity contribution in [3.63, 3.8) is 0 Å². The molecule has 3 aromatic rings. The van der Waals surface area contributed by atoms with Gasteiger partial charge in [-0.1, -0.05) is 41.5 Å². The number of benzene rings is 2. The molecule has 34 heavy (non-hydrogen) atoms. The van der Waals surface area contributed by atoms with Crippen molar-refractivity contribution in [3.8, 4) is 0 Å². The van der Waals surface area contributed by atoms with Crippen molar-refractivity contribution in [1.29, 1.82) is 0 Å². The van der Waals surface area contributed by atoms with Crippen LogP contribution in [0.4, 0.5) is 11.4 Å². The fourth-order valence-electron chi connectivity index (χ4n) is 5.52. The number of hydrogen-bond donors (Lipinski definition) is 0. The molecule has 4 rings (SSSR count). The van der Waals surface area contributed by atoms with Crippen molar-refractivity contribution in [2.75, 3.05) is 22.9 Å². The third-order valence-electron chi connectivity index (χ3n) is 6.47. The van der Waals surface area contributed by atoms with E-state index in [1.165, 1.54) is 44.8 Å². The topological polar surface area (TPSA) is 19.4 Å². The lowest BCUT2D eigenvalue weighted by atomic mass is 10.0. The van der Waals surface area contributed by atoms with E-state index in [4.69, 9.17) is 28.2 Å². The molecule has 0 aliphatic carbocycles. The smallest absolute Gasteiger partial charge is 0.119 e. The maximum Gasteiger partial charge on any atom is 0.119 e. The quantitative estimate of drug-likeness (QED) is 0.337. The zero-order chi connectivity index (χ0) is 24.6. The van der Waals surface area contributed by atoms with Crippen LogP contribution in [0.1, 0.15) is 45.5 Å². The van der Waals surface area contributed by atoms with Gasteiger partial charge in [-0.05, 0) is 75.9 Å². The van der Waals surface area contributed by atoms with Crippen LogP contribution in [0, 0.1) is 41.5 Å². The summed E-state index contributed by atoms with van der Waals surface area (Å²) in [6, 6.07) is 15.1. The minimum Gasteiger partial charge on any atom is -0.325 e. The molecule has 178 valence electrons. The van der Waals surface area contributed by atoms with Gasteiger partial charge in [0.1, 0.15) is 10.7 Å². The fourth-order valence-corrected chi connectivity index (χ4v) is 5.83. The highest BCUT2D eigenvalue weighted by Gasteiger charge is 2.34. The van der Waals surface area contributed by atoms with Gasteiger partial charge in [0, 0.05) is 42.7 Å². The minimum atomic E-state index is -0.533. The summed E-state index contributed by atoms with van der Waals surface area (Å²) in [5.41, 5.74) is 12.1. The van der Waals surface area contributed by atoms with E-state index < -0.39 is 4.84 Å². The van der Waals surface area contributed by atoms with E-state index in [1.807, 2.05) is 18.3 Å². The second kappa shape index (κ2) is 10.0. The van der Waals surface area contributed by atoms with Gasteiger partial charge in [0.05, 0.1) is 5.69 Å². The van der Waals surface area contributed by atoms with Crippen LogP contribution < -0.4 is 9.80 Å². The molecule has 0 N–H and O–H groups in total. The maximum atomic E-state index is 6.42. The fraction of sp³-hybridized carbons (Fsp3) is 0.345. The lowest BCUT2D eigenvalue weighted by Gasteiger charge is -2.32. The number of aromatic nitrogens is 1. The number of hydrogen-bond acceptors (Lipinski definition) is 3. The number of pyridine rings is 1. The zero-order valence-electron chi connectivity index (χ0n) is 20.9. The third kappa shape index (κ3) is 4.82. The second-order valence-corrected chi connectivity index (χ2v) is 10.7. The number of allylic oxidation sites excluding steroid dienone is 1. The van der Waals surface area contributed by atoms with Crippen molar-refractivity contribution >= 4 is 40.1 Å². The van der Waals surface area contributed by atoms with Crippen molar-refractivity contribution < 1.29 is 0 Å². The maximum absolute atomic E-state index is 6.42. The minimum absolute atomic E-state index is 0.510. The van der Waals surface area contributed by atoms with Crippen molar-refractivity contribution in [3.05, 3.63) is 93.6 Å². The highest BCUT2D eigenvalue weighted by Crippen LogP contribution is 2.42. The van der Waals surface area contributed by atoms with E-state index in [9.17, 15) is 0 Å². The highest BCUT2D eigenvalue weighted by atomic mass is 35.5. The van der Waals surface area contributed by atoms with Crippen LogP contribution in [-0.2, 0) is 0 Å². The third-order valence-corrected chi connectivity index (χ3v) is 6.78. The molecule has 0 radical (unpaired) electrons. The molecule has 1 fully saturated rings. The lowest BCUT2D eigenvalue weighted by molar-refractivity contribution is 1.01. The van der Waals surface area contributed by atoms with Crippen molar-refractivity contribution in [2.45, 2.75) is 52.8 Å². The molecule has 2 aromatic carbocycles. The lowest BCUT2D eigenvalue weighted by Crippen LogP contribution is -2.27. The van der Waals surface area contributed by atoms with E-state index in [-0.39, 0.29) is 0 Å². The Kier molecular flexibility index (Phi) is 7.25. The summed E-state index contributed by atoms with van der Waals surface area (Å²) >= 11 is 12.8. The Labute approximate surface area is 214 Å². The van der Waals surface area contributed by atoms with Gasteiger partial charge in [-0.15, -0.1) is 23.2 Å². The van der Waals surface area contributed by atoms with Crippen LogP contribution in [0.15, 0.2) is 54.5 Å². The Balaban J connectivity index is 2.02. The summed E-state index contributed by atoms with van der Waals surface area (Å²) in [6.45, 7) is 14.8. The van der Waals surface area contributed by atoms with Gasteiger partial charge in [0.25, 0.3) is 0 Å². The summed E-state index contributed by atoms with van der Waals surface area (Å²) in [5, 5.41) is 0. The molecule has 0 atom stereocenters. The van der Waals surface area contributed by atoms with E-state index in [0.717, 1.165) is 30.2 Å². The Morgan fingerprint density at radius 2 is 1.26 bits per heavy atom. The van der Waals surface area contributed by atoms with Crippen LogP contribution in [0.25, 0.3) is 5.57 Å². The van der Waals surface area contributed by atoms with E-state index >= 15 is 0 Å². The molecular weight excluding hydrogens is 461 g/mol. The Morgan fingerprint density at radius 3 is 1.65 bits per heavy atom. The number of aryl methyl sites for hydroxylation is 6. The van der Waals surface area contributed by atoms with Gasteiger partial charge in [0.15, 0.2) is 0 Å². The van der Waals surface area contributed by atoms with E-state index in [2.05, 4.69) is 81.7 Å². The summed E-state index contributed by atoms with van der Waals surface area (Å²) < 4.78 is 0. The summed E-state index contributed by atoms with van der Waals surface area (Å²) in [4.78, 5) is 9.08. The normalized spacial score (nSPS) is 13.9. The number of alkyl halides is 2. The van der Waals surface area contributed by atoms with Gasteiger partial charge in [-0.3, -0.25) is 4.98 Å². The zero-order valence-corrected chi connectivity index (χ0v) is 22.4. The van der Waals surface area contributed by atoms with Crippen LogP contribution in [0.3, 0.4) is 0 Å². The van der Waals surface area contributed by atoms with Crippen LogP contribution >= 0.6 is 23.2 Å². The summed E-state index contributed by atoms with van der Waals surface area (Å²) in [6.07, 6.45) is 2.35. The summed E-state index contributed by atoms with van der Waals surface area (Å²) in [5.74, 6) is 1.12. The molecule has 3 nitrogen and oxygen atoms in total.